The molecule has 2 saturated heterocycles. The summed E-state index contributed by atoms with van der Waals surface area (Å²) in [6.45, 7) is 9.13. The number of unbranched alkanes of at least 4 members (excludes halogenated alkanes) is 1. The lowest BCUT2D eigenvalue weighted by molar-refractivity contribution is -0.137. The minimum atomic E-state index is -0.713. The van der Waals surface area contributed by atoms with Crippen molar-refractivity contribution in [2.24, 2.45) is 0 Å². The standard InChI is InChI=1S/C45H52N10O6/c1-45(2,3)38-25-39(49-44(60)47-28-11-13-29(14-12-28)54-27-46-35-24-31(61-4)15-16-36(35)54)55(51-38)30-19-22-52(23-20-30)21-6-5-10-40(56)48-34-9-7-8-32-33(34)26-53(43(32)59)37-17-18-41(57)50-42(37)58/h7-9,11-16,24-25,27,30,37H,5-6,10,17-23,26H2,1-4H3,(H,48,56)(H2,47,49,60)(H,50,57,58). The van der Waals surface area contributed by atoms with E-state index >= 15 is 0 Å². The zero-order chi connectivity index (χ0) is 42.8. The van der Waals surface area contributed by atoms with Gasteiger partial charge in [0, 0.05) is 78.2 Å². The Balaban J connectivity index is 0.809. The molecule has 0 radical (unpaired) electrons. The van der Waals surface area contributed by atoms with E-state index in [4.69, 9.17) is 9.84 Å². The van der Waals surface area contributed by atoms with Crippen LogP contribution in [0.3, 0.4) is 0 Å². The molecule has 318 valence electrons. The highest BCUT2D eigenvalue weighted by Crippen LogP contribution is 2.34. The highest BCUT2D eigenvalue weighted by molar-refractivity contribution is 6.07. The van der Waals surface area contributed by atoms with E-state index in [1.165, 1.54) is 4.90 Å². The predicted octanol–water partition coefficient (Wildman–Crippen LogP) is 6.38. The number of methoxy groups -OCH3 is 1. The molecule has 2 aromatic heterocycles. The van der Waals surface area contributed by atoms with Crippen molar-refractivity contribution in [3.8, 4) is 11.4 Å². The van der Waals surface area contributed by atoms with Crippen LogP contribution in [0.2, 0.25) is 0 Å². The summed E-state index contributed by atoms with van der Waals surface area (Å²) < 4.78 is 9.29. The van der Waals surface area contributed by atoms with Gasteiger partial charge in [-0.25, -0.2) is 14.5 Å². The Labute approximate surface area is 354 Å². The summed E-state index contributed by atoms with van der Waals surface area (Å²) in [6.07, 6.45) is 5.87. The van der Waals surface area contributed by atoms with Gasteiger partial charge >= 0.3 is 6.03 Å². The SMILES string of the molecule is COc1ccc2c(c1)ncn2-c1ccc(NC(=O)Nc2cc(C(C)(C)C)nn2C2CCN(CCCCC(=O)Nc3cccc4c3CN(C3CCC(=O)NC3=O)C4=O)CC2)cc1. The quantitative estimate of drug-likeness (QED) is 0.0819. The summed E-state index contributed by atoms with van der Waals surface area (Å²) >= 11 is 0. The smallest absolute Gasteiger partial charge is 0.324 e. The molecule has 1 atom stereocenters. The summed E-state index contributed by atoms with van der Waals surface area (Å²) in [7, 11) is 1.63. The van der Waals surface area contributed by atoms with E-state index in [0.717, 1.165) is 67.1 Å². The van der Waals surface area contributed by atoms with Crippen molar-refractivity contribution in [1.29, 1.82) is 0 Å². The maximum Gasteiger partial charge on any atom is 0.324 e. The van der Waals surface area contributed by atoms with Gasteiger partial charge in [0.15, 0.2) is 0 Å². The van der Waals surface area contributed by atoms with Crippen molar-refractivity contribution in [2.45, 2.75) is 89.8 Å². The van der Waals surface area contributed by atoms with Crippen LogP contribution in [-0.2, 0) is 26.3 Å². The van der Waals surface area contributed by atoms with Crippen LogP contribution in [0.4, 0.5) is 22.0 Å². The Bertz CT molecular complexity index is 2480. The summed E-state index contributed by atoms with van der Waals surface area (Å²) in [5.74, 6) is 0.203. The molecule has 2 fully saturated rings. The van der Waals surface area contributed by atoms with E-state index in [-0.39, 0.29) is 54.6 Å². The highest BCUT2D eigenvalue weighted by Gasteiger charge is 2.40. The molecule has 3 aromatic carbocycles. The normalized spacial score (nSPS) is 17.3. The van der Waals surface area contributed by atoms with E-state index in [1.807, 2.05) is 57.8 Å². The van der Waals surface area contributed by atoms with E-state index in [0.29, 0.717) is 41.2 Å². The molecule has 5 aromatic rings. The number of hydrogen-bond acceptors (Lipinski definition) is 9. The van der Waals surface area contributed by atoms with Gasteiger partial charge in [0.2, 0.25) is 17.7 Å². The van der Waals surface area contributed by atoms with Crippen LogP contribution in [0.25, 0.3) is 16.7 Å². The molecule has 5 heterocycles. The van der Waals surface area contributed by atoms with Crippen LogP contribution < -0.4 is 26.0 Å². The third-order valence-corrected chi connectivity index (χ3v) is 11.8. The molecule has 8 rings (SSSR count). The van der Waals surface area contributed by atoms with Crippen molar-refractivity contribution in [3.05, 3.63) is 89.9 Å². The van der Waals surface area contributed by atoms with Gasteiger partial charge in [-0.3, -0.25) is 34.4 Å². The van der Waals surface area contributed by atoms with Gasteiger partial charge in [-0.15, -0.1) is 0 Å². The van der Waals surface area contributed by atoms with Gasteiger partial charge < -0.3 is 25.2 Å². The minimum absolute atomic E-state index is 0.114. The number of rotatable bonds is 12. The number of fused-ring (bicyclic) bond motifs is 2. The largest absolute Gasteiger partial charge is 0.497 e. The lowest BCUT2D eigenvalue weighted by Gasteiger charge is -2.32. The second-order valence-electron chi connectivity index (χ2n) is 17.0. The fraction of sp³-hybridized carbons (Fsp3) is 0.400. The molecule has 3 aliphatic heterocycles. The number of urea groups is 1. The number of imide groups is 1. The Morgan fingerprint density at radius 1 is 0.918 bits per heavy atom. The first-order valence-corrected chi connectivity index (χ1v) is 20.9. The molecular formula is C45H52N10O6. The lowest BCUT2D eigenvalue weighted by atomic mass is 9.92. The second kappa shape index (κ2) is 17.2. The monoisotopic (exact) mass is 828 g/mol. The van der Waals surface area contributed by atoms with Gasteiger partial charge in [0.25, 0.3) is 5.91 Å². The van der Waals surface area contributed by atoms with Gasteiger partial charge in [-0.2, -0.15) is 5.10 Å². The number of carbonyl (C=O) groups excluding carboxylic acids is 5. The molecule has 1 unspecified atom stereocenters. The second-order valence-corrected chi connectivity index (χ2v) is 17.0. The zero-order valence-corrected chi connectivity index (χ0v) is 35.0. The number of likely N-dealkylation sites (tertiary alicyclic amines) is 1. The summed E-state index contributed by atoms with van der Waals surface area (Å²) in [5.41, 5.74) is 5.76. The number of ether oxygens (including phenoxy) is 1. The average molecular weight is 829 g/mol. The van der Waals surface area contributed by atoms with E-state index in [2.05, 4.69) is 51.9 Å². The van der Waals surface area contributed by atoms with Gasteiger partial charge in [-0.1, -0.05) is 26.8 Å². The van der Waals surface area contributed by atoms with E-state index in [9.17, 15) is 24.0 Å². The number of piperidine rings is 2. The first-order valence-electron chi connectivity index (χ1n) is 20.9. The summed E-state index contributed by atoms with van der Waals surface area (Å²) in [5, 5.41) is 16.4. The number of benzene rings is 3. The number of nitrogens with one attached hydrogen (secondary N) is 4. The van der Waals surface area contributed by atoms with Crippen molar-refractivity contribution < 1.29 is 28.7 Å². The molecule has 0 spiro atoms. The third kappa shape index (κ3) is 8.99. The number of amides is 6. The average Bonchev–Trinajstić information content (AvgIpc) is 3.96. The molecule has 16 nitrogen and oxygen atoms in total. The molecule has 4 N–H and O–H groups in total. The number of aromatic nitrogens is 4. The van der Waals surface area contributed by atoms with Crippen LogP contribution in [0.1, 0.15) is 93.4 Å². The molecule has 3 aliphatic rings. The third-order valence-electron chi connectivity index (χ3n) is 11.8. The topological polar surface area (TPSA) is 185 Å². The summed E-state index contributed by atoms with van der Waals surface area (Å²) in [6, 6.07) is 19.6. The van der Waals surface area contributed by atoms with Crippen LogP contribution in [0.5, 0.6) is 5.75 Å². The minimum Gasteiger partial charge on any atom is -0.497 e. The first-order chi connectivity index (χ1) is 29.3. The number of imidazole rings is 1. The molecule has 0 bridgehead atoms. The molecule has 0 aliphatic carbocycles. The number of hydrogen-bond donors (Lipinski definition) is 4. The Morgan fingerprint density at radius 3 is 2.44 bits per heavy atom. The fourth-order valence-electron chi connectivity index (χ4n) is 8.37. The predicted molar refractivity (Wildman–Crippen MR) is 231 cm³/mol. The fourth-order valence-corrected chi connectivity index (χ4v) is 8.37. The van der Waals surface area contributed by atoms with Crippen molar-refractivity contribution in [1.82, 2.24) is 34.4 Å². The van der Waals surface area contributed by atoms with E-state index in [1.54, 1.807) is 31.6 Å². The van der Waals surface area contributed by atoms with Crippen LogP contribution >= 0.6 is 0 Å². The molecule has 6 amide bonds. The van der Waals surface area contributed by atoms with Gasteiger partial charge in [0.05, 0.1) is 29.9 Å². The van der Waals surface area contributed by atoms with Crippen molar-refractivity contribution >= 4 is 57.9 Å². The maximum absolute atomic E-state index is 13.4. The molecular weight excluding hydrogens is 777 g/mol. The van der Waals surface area contributed by atoms with Crippen LogP contribution in [-0.4, -0.2) is 91.6 Å². The van der Waals surface area contributed by atoms with Gasteiger partial charge in [-0.05, 0) is 87.2 Å². The summed E-state index contributed by atoms with van der Waals surface area (Å²) in [4.78, 5) is 72.1. The Kier molecular flexibility index (Phi) is 11.6. The number of anilines is 3. The molecule has 61 heavy (non-hydrogen) atoms. The Morgan fingerprint density at radius 2 is 1.70 bits per heavy atom. The number of nitrogens with zero attached hydrogens (tertiary/aromatic N) is 6. The molecule has 0 saturated carbocycles. The Hall–Kier alpha value is -6.55. The highest BCUT2D eigenvalue weighted by atomic mass is 16.5. The van der Waals surface area contributed by atoms with Gasteiger partial charge in [0.1, 0.15) is 23.9 Å². The number of carbonyl (C=O) groups is 5. The maximum atomic E-state index is 13.4. The first kappa shape index (κ1) is 41.2. The van der Waals surface area contributed by atoms with Crippen LogP contribution in [0.15, 0.2) is 73.1 Å². The lowest BCUT2D eigenvalue weighted by Crippen LogP contribution is -2.52. The van der Waals surface area contributed by atoms with Crippen molar-refractivity contribution in [2.75, 3.05) is 42.7 Å². The zero-order valence-electron chi connectivity index (χ0n) is 35.0. The molecule has 16 heteroatoms. The van der Waals surface area contributed by atoms with Crippen LogP contribution in [0, 0.1) is 0 Å². The van der Waals surface area contributed by atoms with Crippen molar-refractivity contribution in [3.63, 3.8) is 0 Å². The van der Waals surface area contributed by atoms with E-state index < -0.39 is 11.9 Å².